The molecule has 0 radical (unpaired) electrons. The van der Waals surface area contributed by atoms with E-state index in [9.17, 15) is 9.59 Å². The smallest absolute Gasteiger partial charge is 0.303 e. The van der Waals surface area contributed by atoms with E-state index in [0.29, 0.717) is 24.2 Å². The summed E-state index contributed by atoms with van der Waals surface area (Å²) in [5.41, 5.74) is 6.76. The van der Waals surface area contributed by atoms with Crippen LogP contribution in [0.5, 0.6) is 0 Å². The second kappa shape index (κ2) is 6.78. The lowest BCUT2D eigenvalue weighted by molar-refractivity contribution is -0.137. The first-order chi connectivity index (χ1) is 8.91. The second-order valence-corrected chi connectivity index (χ2v) is 4.71. The van der Waals surface area contributed by atoms with Crippen molar-refractivity contribution in [2.45, 2.75) is 32.7 Å². The molecule has 0 saturated heterocycles. The summed E-state index contributed by atoms with van der Waals surface area (Å²) < 4.78 is 0. The van der Waals surface area contributed by atoms with Crippen LogP contribution < -0.4 is 5.73 Å². The average Bonchev–Trinajstić information content (AvgIpc) is 2.34. The number of nitrogens with two attached hydrogens (primary N) is 1. The summed E-state index contributed by atoms with van der Waals surface area (Å²) in [6.45, 7) is 4.26. The SMILES string of the molecule is CC(C)N(CCCC(=O)O)C(=O)c1ccc(N)cc1. The fraction of sp³-hybridized carbons (Fsp3) is 0.429. The number of nitrogens with zero attached hydrogens (tertiary/aromatic N) is 1. The summed E-state index contributed by atoms with van der Waals surface area (Å²) in [7, 11) is 0. The normalized spacial score (nSPS) is 10.5. The van der Waals surface area contributed by atoms with Gasteiger partial charge in [-0.3, -0.25) is 9.59 Å². The van der Waals surface area contributed by atoms with Crippen molar-refractivity contribution in [3.05, 3.63) is 29.8 Å². The Morgan fingerprint density at radius 2 is 1.84 bits per heavy atom. The summed E-state index contributed by atoms with van der Waals surface area (Å²) in [5.74, 6) is -0.941. The standard InChI is InChI=1S/C14H20N2O3/c1-10(2)16(9-3-4-13(17)18)14(19)11-5-7-12(15)8-6-11/h5-8,10H,3-4,9,15H2,1-2H3,(H,17,18). The zero-order valence-electron chi connectivity index (χ0n) is 11.3. The maximum Gasteiger partial charge on any atom is 0.303 e. The Hall–Kier alpha value is -2.04. The van der Waals surface area contributed by atoms with Crippen molar-refractivity contribution < 1.29 is 14.7 Å². The largest absolute Gasteiger partial charge is 0.481 e. The number of benzene rings is 1. The molecular formula is C14H20N2O3. The molecule has 1 aromatic rings. The molecule has 3 N–H and O–H groups in total. The third-order valence-corrected chi connectivity index (χ3v) is 2.83. The second-order valence-electron chi connectivity index (χ2n) is 4.71. The van der Waals surface area contributed by atoms with E-state index >= 15 is 0 Å². The minimum atomic E-state index is -0.844. The maximum atomic E-state index is 12.3. The molecule has 1 aromatic carbocycles. The Morgan fingerprint density at radius 1 is 1.26 bits per heavy atom. The maximum absolute atomic E-state index is 12.3. The highest BCUT2D eigenvalue weighted by Gasteiger charge is 2.18. The molecule has 1 rings (SSSR count). The Labute approximate surface area is 113 Å². The summed E-state index contributed by atoms with van der Waals surface area (Å²) in [6.07, 6.45) is 0.520. The van der Waals surface area contributed by atoms with Crippen molar-refractivity contribution in [2.75, 3.05) is 12.3 Å². The van der Waals surface area contributed by atoms with Gasteiger partial charge in [0, 0.05) is 30.3 Å². The number of nitrogen functional groups attached to an aromatic ring is 1. The highest BCUT2D eigenvalue weighted by Crippen LogP contribution is 2.12. The van der Waals surface area contributed by atoms with Crippen molar-refractivity contribution in [2.24, 2.45) is 0 Å². The van der Waals surface area contributed by atoms with Gasteiger partial charge < -0.3 is 15.7 Å². The van der Waals surface area contributed by atoms with Crippen molar-refractivity contribution >= 4 is 17.6 Å². The summed E-state index contributed by atoms with van der Waals surface area (Å²) in [5, 5.41) is 8.63. The predicted octanol–water partition coefficient (Wildman–Crippen LogP) is 1.98. The molecule has 0 heterocycles. The van der Waals surface area contributed by atoms with E-state index in [2.05, 4.69) is 0 Å². The van der Waals surface area contributed by atoms with Crippen LogP contribution in [0.4, 0.5) is 5.69 Å². The van der Waals surface area contributed by atoms with Gasteiger partial charge in [-0.25, -0.2) is 0 Å². The number of carbonyl (C=O) groups excluding carboxylic acids is 1. The topological polar surface area (TPSA) is 83.6 Å². The highest BCUT2D eigenvalue weighted by atomic mass is 16.4. The van der Waals surface area contributed by atoms with Crippen molar-refractivity contribution in [3.63, 3.8) is 0 Å². The third kappa shape index (κ3) is 4.62. The number of carboxylic acids is 1. The first-order valence-corrected chi connectivity index (χ1v) is 6.30. The van der Waals surface area contributed by atoms with Gasteiger partial charge >= 0.3 is 5.97 Å². The van der Waals surface area contributed by atoms with E-state index in [1.54, 1.807) is 29.2 Å². The molecule has 104 valence electrons. The summed E-state index contributed by atoms with van der Waals surface area (Å²) >= 11 is 0. The molecule has 0 aliphatic rings. The molecule has 0 atom stereocenters. The van der Waals surface area contributed by atoms with Crippen LogP contribution in [0.3, 0.4) is 0 Å². The lowest BCUT2D eigenvalue weighted by Crippen LogP contribution is -2.37. The fourth-order valence-electron chi connectivity index (χ4n) is 1.79. The predicted molar refractivity (Wildman–Crippen MR) is 73.9 cm³/mol. The zero-order chi connectivity index (χ0) is 14.4. The summed E-state index contributed by atoms with van der Waals surface area (Å²) in [6, 6.07) is 6.76. The number of hydrogen-bond donors (Lipinski definition) is 2. The van der Waals surface area contributed by atoms with Crippen molar-refractivity contribution in [1.29, 1.82) is 0 Å². The number of rotatable bonds is 6. The van der Waals surface area contributed by atoms with Crippen LogP contribution in [0, 0.1) is 0 Å². The molecule has 1 amide bonds. The number of aliphatic carboxylic acids is 1. The Morgan fingerprint density at radius 3 is 2.32 bits per heavy atom. The molecule has 0 spiro atoms. The first kappa shape index (κ1) is 15.0. The molecule has 0 aliphatic heterocycles. The van der Waals surface area contributed by atoms with Crippen molar-refractivity contribution in [1.82, 2.24) is 4.90 Å². The van der Waals surface area contributed by atoms with E-state index in [4.69, 9.17) is 10.8 Å². The summed E-state index contributed by atoms with van der Waals surface area (Å²) in [4.78, 5) is 24.5. The minimum Gasteiger partial charge on any atom is -0.481 e. The zero-order valence-corrected chi connectivity index (χ0v) is 11.3. The van der Waals surface area contributed by atoms with Gasteiger partial charge in [0.15, 0.2) is 0 Å². The fourth-order valence-corrected chi connectivity index (χ4v) is 1.79. The van der Waals surface area contributed by atoms with E-state index in [0.717, 1.165) is 0 Å². The molecule has 0 fully saturated rings. The molecule has 0 bridgehead atoms. The van der Waals surface area contributed by atoms with E-state index in [1.165, 1.54) is 0 Å². The number of carbonyl (C=O) groups is 2. The van der Waals surface area contributed by atoms with Crippen LogP contribution in [0.15, 0.2) is 24.3 Å². The van der Waals surface area contributed by atoms with Crippen LogP contribution >= 0.6 is 0 Å². The lowest BCUT2D eigenvalue weighted by Gasteiger charge is -2.26. The molecule has 0 aromatic heterocycles. The quantitative estimate of drug-likeness (QED) is 0.769. The monoisotopic (exact) mass is 264 g/mol. The molecule has 5 heteroatoms. The van der Waals surface area contributed by atoms with E-state index < -0.39 is 5.97 Å². The van der Waals surface area contributed by atoms with Gasteiger partial charge in [-0.05, 0) is 44.5 Å². The Kier molecular flexibility index (Phi) is 5.36. The molecule has 5 nitrogen and oxygen atoms in total. The van der Waals surface area contributed by atoms with Gasteiger partial charge in [0.05, 0.1) is 0 Å². The van der Waals surface area contributed by atoms with E-state index in [1.807, 2.05) is 13.8 Å². The van der Waals surface area contributed by atoms with Crippen LogP contribution in [0.1, 0.15) is 37.0 Å². The van der Waals surface area contributed by atoms with E-state index in [-0.39, 0.29) is 18.4 Å². The van der Waals surface area contributed by atoms with Crippen molar-refractivity contribution in [3.8, 4) is 0 Å². The number of anilines is 1. The molecule has 19 heavy (non-hydrogen) atoms. The molecular weight excluding hydrogens is 244 g/mol. The van der Waals surface area contributed by atoms with Gasteiger partial charge in [0.25, 0.3) is 5.91 Å². The number of hydrogen-bond acceptors (Lipinski definition) is 3. The van der Waals surface area contributed by atoms with Crippen LogP contribution in [0.25, 0.3) is 0 Å². The first-order valence-electron chi connectivity index (χ1n) is 6.30. The van der Waals surface area contributed by atoms with Crippen LogP contribution in [-0.4, -0.2) is 34.5 Å². The Bertz CT molecular complexity index is 441. The lowest BCUT2D eigenvalue weighted by atomic mass is 10.1. The van der Waals surface area contributed by atoms with Gasteiger partial charge in [-0.15, -0.1) is 0 Å². The highest BCUT2D eigenvalue weighted by molar-refractivity contribution is 5.94. The molecule has 0 saturated carbocycles. The minimum absolute atomic E-state index is 0.0267. The van der Waals surface area contributed by atoms with Gasteiger partial charge in [0.2, 0.25) is 0 Å². The Balaban J connectivity index is 2.72. The van der Waals surface area contributed by atoms with Gasteiger partial charge in [-0.2, -0.15) is 0 Å². The number of carboxylic acid groups (broad SMARTS) is 1. The van der Waals surface area contributed by atoms with Gasteiger partial charge in [0.1, 0.15) is 0 Å². The van der Waals surface area contributed by atoms with Crippen LogP contribution in [0.2, 0.25) is 0 Å². The molecule has 0 unspecified atom stereocenters. The third-order valence-electron chi connectivity index (χ3n) is 2.83. The average molecular weight is 264 g/mol. The number of amides is 1. The van der Waals surface area contributed by atoms with Gasteiger partial charge in [-0.1, -0.05) is 0 Å². The molecule has 0 aliphatic carbocycles. The van der Waals surface area contributed by atoms with Crippen LogP contribution in [-0.2, 0) is 4.79 Å².